The first kappa shape index (κ1) is 15.9. The molecule has 116 valence electrons. The van der Waals surface area contributed by atoms with Crippen LogP contribution in [-0.2, 0) is 4.79 Å². The van der Waals surface area contributed by atoms with E-state index in [-0.39, 0.29) is 5.91 Å². The lowest BCUT2D eigenvalue weighted by Crippen LogP contribution is -2.32. The van der Waals surface area contributed by atoms with Crippen molar-refractivity contribution in [3.8, 4) is 0 Å². The number of hydrogen-bond acceptors (Lipinski definition) is 2. The molecular formula is C17H18F2N2O. The molecule has 0 fully saturated rings. The molecule has 1 amide bonds. The molecule has 0 aliphatic carbocycles. The Balaban J connectivity index is 2.07. The van der Waals surface area contributed by atoms with Crippen LogP contribution in [0, 0.1) is 25.5 Å². The van der Waals surface area contributed by atoms with Gasteiger partial charge in [0.15, 0.2) is 11.6 Å². The first-order valence-corrected chi connectivity index (χ1v) is 6.97. The van der Waals surface area contributed by atoms with Crippen molar-refractivity contribution in [2.24, 2.45) is 0 Å². The molecule has 2 aromatic rings. The first-order valence-electron chi connectivity index (χ1n) is 6.97. The van der Waals surface area contributed by atoms with Gasteiger partial charge in [-0.2, -0.15) is 0 Å². The zero-order valence-electron chi connectivity index (χ0n) is 12.7. The maximum atomic E-state index is 13.2. The molecule has 0 aromatic heterocycles. The lowest BCUT2D eigenvalue weighted by atomic mass is 10.1. The molecule has 0 spiro atoms. The molecule has 22 heavy (non-hydrogen) atoms. The molecule has 2 N–H and O–H groups in total. The third-order valence-corrected chi connectivity index (χ3v) is 3.43. The Bertz CT molecular complexity index is 681. The fourth-order valence-electron chi connectivity index (χ4n) is 2.14. The Morgan fingerprint density at radius 3 is 2.27 bits per heavy atom. The highest BCUT2D eigenvalue weighted by Crippen LogP contribution is 2.20. The summed E-state index contributed by atoms with van der Waals surface area (Å²) in [5, 5.41) is 5.71. The summed E-state index contributed by atoms with van der Waals surface area (Å²) >= 11 is 0. The van der Waals surface area contributed by atoms with E-state index < -0.39 is 17.7 Å². The fourth-order valence-corrected chi connectivity index (χ4v) is 2.14. The summed E-state index contributed by atoms with van der Waals surface area (Å²) in [6.45, 7) is 5.48. The third-order valence-electron chi connectivity index (χ3n) is 3.43. The van der Waals surface area contributed by atoms with Gasteiger partial charge in [-0.05, 0) is 44.0 Å². The van der Waals surface area contributed by atoms with Crippen molar-refractivity contribution in [2.45, 2.75) is 26.8 Å². The SMILES string of the molecule is Cc1cccc(C)c1NC(=O)C(C)Nc1ccc(F)c(F)c1. The molecule has 5 heteroatoms. The number of nitrogens with one attached hydrogen (secondary N) is 2. The van der Waals surface area contributed by atoms with Gasteiger partial charge in [-0.25, -0.2) is 8.78 Å². The Morgan fingerprint density at radius 2 is 1.68 bits per heavy atom. The standard InChI is InChI=1S/C17H18F2N2O/c1-10-5-4-6-11(2)16(10)21-17(22)12(3)20-13-7-8-14(18)15(19)9-13/h4-9,12,20H,1-3H3,(H,21,22). The molecule has 2 aromatic carbocycles. The normalized spacial score (nSPS) is 11.9. The van der Waals surface area contributed by atoms with Crippen LogP contribution in [-0.4, -0.2) is 11.9 Å². The topological polar surface area (TPSA) is 41.1 Å². The Hall–Kier alpha value is -2.43. The molecule has 0 saturated carbocycles. The molecule has 2 rings (SSSR count). The molecule has 0 aliphatic rings. The number of para-hydroxylation sites is 1. The van der Waals surface area contributed by atoms with Crippen LogP contribution in [0.3, 0.4) is 0 Å². The second kappa shape index (κ2) is 6.56. The Morgan fingerprint density at radius 1 is 1.05 bits per heavy atom. The van der Waals surface area contributed by atoms with Gasteiger partial charge in [0.2, 0.25) is 5.91 Å². The fraction of sp³-hybridized carbons (Fsp3) is 0.235. The number of hydrogen-bond donors (Lipinski definition) is 2. The summed E-state index contributed by atoms with van der Waals surface area (Å²) in [5.41, 5.74) is 3.05. The largest absolute Gasteiger partial charge is 0.374 e. The van der Waals surface area contributed by atoms with E-state index in [0.29, 0.717) is 5.69 Å². The molecule has 1 unspecified atom stereocenters. The number of carbonyl (C=O) groups is 1. The zero-order valence-corrected chi connectivity index (χ0v) is 12.7. The van der Waals surface area contributed by atoms with Crippen molar-refractivity contribution >= 4 is 17.3 Å². The van der Waals surface area contributed by atoms with E-state index in [1.165, 1.54) is 6.07 Å². The number of amides is 1. The van der Waals surface area contributed by atoms with E-state index in [0.717, 1.165) is 28.9 Å². The summed E-state index contributed by atoms with van der Waals surface area (Å²) in [6.07, 6.45) is 0. The molecule has 3 nitrogen and oxygen atoms in total. The summed E-state index contributed by atoms with van der Waals surface area (Å²) in [5.74, 6) is -2.12. The van der Waals surface area contributed by atoms with Gasteiger partial charge in [0.1, 0.15) is 6.04 Å². The summed E-state index contributed by atoms with van der Waals surface area (Å²) in [4.78, 5) is 12.2. The van der Waals surface area contributed by atoms with Gasteiger partial charge in [0.05, 0.1) is 0 Å². The van der Waals surface area contributed by atoms with Crippen molar-refractivity contribution in [3.05, 3.63) is 59.2 Å². The second-order valence-corrected chi connectivity index (χ2v) is 5.25. The minimum Gasteiger partial charge on any atom is -0.374 e. The molecule has 0 saturated heterocycles. The van der Waals surface area contributed by atoms with Gasteiger partial charge >= 0.3 is 0 Å². The smallest absolute Gasteiger partial charge is 0.246 e. The lowest BCUT2D eigenvalue weighted by Gasteiger charge is -2.17. The van der Waals surface area contributed by atoms with E-state index in [4.69, 9.17) is 0 Å². The predicted octanol–water partition coefficient (Wildman–Crippen LogP) is 4.02. The lowest BCUT2D eigenvalue weighted by molar-refractivity contribution is -0.116. The number of anilines is 2. The average Bonchev–Trinajstić information content (AvgIpc) is 2.46. The summed E-state index contributed by atoms with van der Waals surface area (Å²) in [6, 6.07) is 8.59. The monoisotopic (exact) mass is 304 g/mol. The summed E-state index contributed by atoms with van der Waals surface area (Å²) in [7, 11) is 0. The van der Waals surface area contributed by atoms with Crippen molar-refractivity contribution in [1.29, 1.82) is 0 Å². The maximum absolute atomic E-state index is 13.2. The van der Waals surface area contributed by atoms with Crippen LogP contribution in [0.4, 0.5) is 20.2 Å². The van der Waals surface area contributed by atoms with Crippen LogP contribution < -0.4 is 10.6 Å². The van der Waals surface area contributed by atoms with E-state index in [1.54, 1.807) is 6.92 Å². The predicted molar refractivity (Wildman–Crippen MR) is 84.0 cm³/mol. The molecule has 0 heterocycles. The molecule has 0 aliphatic heterocycles. The van der Waals surface area contributed by atoms with Gasteiger partial charge in [0.25, 0.3) is 0 Å². The van der Waals surface area contributed by atoms with Crippen LogP contribution >= 0.6 is 0 Å². The highest BCUT2D eigenvalue weighted by atomic mass is 19.2. The van der Waals surface area contributed by atoms with Crippen molar-refractivity contribution in [2.75, 3.05) is 10.6 Å². The zero-order chi connectivity index (χ0) is 16.3. The van der Waals surface area contributed by atoms with Gasteiger partial charge in [0, 0.05) is 17.4 Å². The highest BCUT2D eigenvalue weighted by molar-refractivity contribution is 5.97. The van der Waals surface area contributed by atoms with Gasteiger partial charge < -0.3 is 10.6 Å². The molecule has 0 bridgehead atoms. The number of halogens is 2. The van der Waals surface area contributed by atoms with Crippen LogP contribution in [0.15, 0.2) is 36.4 Å². The van der Waals surface area contributed by atoms with Crippen molar-refractivity contribution in [1.82, 2.24) is 0 Å². The van der Waals surface area contributed by atoms with Crippen molar-refractivity contribution in [3.63, 3.8) is 0 Å². The van der Waals surface area contributed by atoms with Crippen LogP contribution in [0.2, 0.25) is 0 Å². The van der Waals surface area contributed by atoms with E-state index in [9.17, 15) is 13.6 Å². The average molecular weight is 304 g/mol. The second-order valence-electron chi connectivity index (χ2n) is 5.25. The molecule has 0 radical (unpaired) electrons. The quantitative estimate of drug-likeness (QED) is 0.895. The van der Waals surface area contributed by atoms with Crippen LogP contribution in [0.25, 0.3) is 0 Å². The number of aryl methyl sites for hydroxylation is 2. The van der Waals surface area contributed by atoms with Gasteiger partial charge in [-0.1, -0.05) is 18.2 Å². The van der Waals surface area contributed by atoms with Crippen LogP contribution in [0.5, 0.6) is 0 Å². The van der Waals surface area contributed by atoms with E-state index >= 15 is 0 Å². The number of carbonyl (C=O) groups excluding carboxylic acids is 1. The van der Waals surface area contributed by atoms with Gasteiger partial charge in [-0.3, -0.25) is 4.79 Å². The minimum absolute atomic E-state index is 0.248. The van der Waals surface area contributed by atoms with Crippen LogP contribution in [0.1, 0.15) is 18.1 Å². The third kappa shape index (κ3) is 3.61. The Labute approximate surface area is 128 Å². The van der Waals surface area contributed by atoms with E-state index in [1.807, 2.05) is 32.0 Å². The minimum atomic E-state index is -0.952. The number of rotatable bonds is 4. The van der Waals surface area contributed by atoms with Crippen molar-refractivity contribution < 1.29 is 13.6 Å². The first-order chi connectivity index (χ1) is 10.4. The molecular weight excluding hydrogens is 286 g/mol. The van der Waals surface area contributed by atoms with Gasteiger partial charge in [-0.15, -0.1) is 0 Å². The Kier molecular flexibility index (Phi) is 4.75. The molecule has 1 atom stereocenters. The highest BCUT2D eigenvalue weighted by Gasteiger charge is 2.15. The van der Waals surface area contributed by atoms with E-state index in [2.05, 4.69) is 10.6 Å². The maximum Gasteiger partial charge on any atom is 0.246 e. The summed E-state index contributed by atoms with van der Waals surface area (Å²) < 4.78 is 26.1. The number of benzene rings is 2.